The van der Waals surface area contributed by atoms with Crippen LogP contribution in [-0.2, 0) is 13.0 Å². The van der Waals surface area contributed by atoms with E-state index in [1.54, 1.807) is 11.0 Å². The minimum absolute atomic E-state index is 0.0642. The standard InChI is InChI=1S/C23H26N6O/c1-4-17(3)27-15-20(5-2)28(23(27)30)14-18-10-12-19(13-11-18)21-8-6-7-9-22(21)29-16-24-25-26-29/h6-13,15-17H,4-5,14H2,1-3H3. The first-order valence-electron chi connectivity index (χ1n) is 10.3. The van der Waals surface area contributed by atoms with Crippen molar-refractivity contribution < 1.29 is 0 Å². The molecule has 7 nitrogen and oxygen atoms in total. The maximum absolute atomic E-state index is 12.9. The van der Waals surface area contributed by atoms with Gasteiger partial charge in [-0.15, -0.1) is 5.10 Å². The fraction of sp³-hybridized carbons (Fsp3) is 0.304. The monoisotopic (exact) mass is 402 g/mol. The molecular formula is C23H26N6O. The number of aryl methyl sites for hydroxylation is 1. The summed E-state index contributed by atoms with van der Waals surface area (Å²) in [6.45, 7) is 6.85. The van der Waals surface area contributed by atoms with Gasteiger partial charge in [-0.2, -0.15) is 4.68 Å². The molecule has 1 unspecified atom stereocenters. The Morgan fingerprint density at radius 2 is 1.80 bits per heavy atom. The van der Waals surface area contributed by atoms with Crippen LogP contribution in [0.2, 0.25) is 0 Å². The summed E-state index contributed by atoms with van der Waals surface area (Å²) >= 11 is 0. The third kappa shape index (κ3) is 3.70. The fourth-order valence-electron chi connectivity index (χ4n) is 3.67. The number of hydrogen-bond acceptors (Lipinski definition) is 4. The molecule has 30 heavy (non-hydrogen) atoms. The van der Waals surface area contributed by atoms with Gasteiger partial charge in [0.1, 0.15) is 6.33 Å². The summed E-state index contributed by atoms with van der Waals surface area (Å²) in [6.07, 6.45) is 5.36. The summed E-state index contributed by atoms with van der Waals surface area (Å²) in [5, 5.41) is 11.5. The van der Waals surface area contributed by atoms with Gasteiger partial charge in [-0.05, 0) is 47.4 Å². The van der Waals surface area contributed by atoms with Gasteiger partial charge in [0.25, 0.3) is 0 Å². The van der Waals surface area contributed by atoms with E-state index in [0.717, 1.165) is 40.9 Å². The predicted molar refractivity (Wildman–Crippen MR) is 117 cm³/mol. The Labute approximate surface area is 175 Å². The van der Waals surface area contributed by atoms with Crippen molar-refractivity contribution in [3.8, 4) is 16.8 Å². The van der Waals surface area contributed by atoms with Gasteiger partial charge in [-0.25, -0.2) is 4.79 Å². The third-order valence-electron chi connectivity index (χ3n) is 5.62. The molecule has 0 saturated heterocycles. The quantitative estimate of drug-likeness (QED) is 0.470. The van der Waals surface area contributed by atoms with E-state index in [2.05, 4.69) is 66.6 Å². The van der Waals surface area contributed by atoms with Gasteiger partial charge in [0.15, 0.2) is 0 Å². The summed E-state index contributed by atoms with van der Waals surface area (Å²) in [6, 6.07) is 16.5. The van der Waals surface area contributed by atoms with Crippen molar-refractivity contribution >= 4 is 0 Å². The summed E-state index contributed by atoms with van der Waals surface area (Å²) in [5.41, 5.74) is 5.27. The zero-order chi connectivity index (χ0) is 21.1. The molecule has 0 saturated carbocycles. The second-order valence-electron chi connectivity index (χ2n) is 7.48. The first-order chi connectivity index (χ1) is 14.6. The van der Waals surface area contributed by atoms with Crippen LogP contribution < -0.4 is 5.69 Å². The molecule has 1 atom stereocenters. The van der Waals surface area contributed by atoms with E-state index in [-0.39, 0.29) is 11.7 Å². The Morgan fingerprint density at radius 3 is 2.47 bits per heavy atom. The van der Waals surface area contributed by atoms with Gasteiger partial charge in [-0.3, -0.25) is 9.13 Å². The van der Waals surface area contributed by atoms with Gasteiger partial charge < -0.3 is 0 Å². The van der Waals surface area contributed by atoms with E-state index in [1.807, 2.05) is 33.5 Å². The van der Waals surface area contributed by atoms with Crippen LogP contribution in [0.15, 0.2) is 65.8 Å². The number of benzene rings is 2. The molecule has 2 heterocycles. The van der Waals surface area contributed by atoms with Crippen LogP contribution in [0.5, 0.6) is 0 Å². The normalized spacial score (nSPS) is 12.2. The van der Waals surface area contributed by atoms with Crippen molar-refractivity contribution in [2.24, 2.45) is 0 Å². The van der Waals surface area contributed by atoms with Crippen LogP contribution in [0.3, 0.4) is 0 Å². The van der Waals surface area contributed by atoms with Gasteiger partial charge in [0.05, 0.1) is 12.2 Å². The lowest BCUT2D eigenvalue weighted by Gasteiger charge is -2.11. The molecule has 0 aliphatic rings. The summed E-state index contributed by atoms with van der Waals surface area (Å²) in [7, 11) is 0. The molecule has 2 aromatic heterocycles. The lowest BCUT2D eigenvalue weighted by atomic mass is 10.0. The Kier molecular flexibility index (Phi) is 5.61. The maximum atomic E-state index is 12.9. The van der Waals surface area contributed by atoms with Crippen molar-refractivity contribution in [3.63, 3.8) is 0 Å². The lowest BCUT2D eigenvalue weighted by molar-refractivity contribution is 0.504. The van der Waals surface area contributed by atoms with Gasteiger partial charge >= 0.3 is 5.69 Å². The fourth-order valence-corrected chi connectivity index (χ4v) is 3.67. The molecular weight excluding hydrogens is 376 g/mol. The molecule has 0 aliphatic carbocycles. The Morgan fingerprint density at radius 1 is 1.03 bits per heavy atom. The van der Waals surface area contributed by atoms with Crippen LogP contribution in [0.4, 0.5) is 0 Å². The summed E-state index contributed by atoms with van der Waals surface area (Å²) < 4.78 is 5.40. The van der Waals surface area contributed by atoms with Crippen LogP contribution >= 0.6 is 0 Å². The number of imidazole rings is 1. The highest BCUT2D eigenvalue weighted by molar-refractivity contribution is 5.72. The van der Waals surface area contributed by atoms with Crippen LogP contribution in [0.25, 0.3) is 16.8 Å². The first-order valence-corrected chi connectivity index (χ1v) is 10.3. The molecule has 2 aromatic carbocycles. The van der Waals surface area contributed by atoms with Crippen LogP contribution in [0, 0.1) is 0 Å². The number of para-hydroxylation sites is 1. The minimum Gasteiger partial charge on any atom is -0.296 e. The zero-order valence-electron chi connectivity index (χ0n) is 17.6. The Hall–Kier alpha value is -3.48. The highest BCUT2D eigenvalue weighted by Gasteiger charge is 2.14. The van der Waals surface area contributed by atoms with Gasteiger partial charge in [-0.1, -0.05) is 56.3 Å². The predicted octanol–water partition coefficient (Wildman–Crippen LogP) is 3.87. The van der Waals surface area contributed by atoms with Crippen molar-refractivity contribution in [1.29, 1.82) is 0 Å². The molecule has 7 heteroatoms. The van der Waals surface area contributed by atoms with Crippen molar-refractivity contribution in [2.75, 3.05) is 0 Å². The largest absolute Gasteiger partial charge is 0.328 e. The SMILES string of the molecule is CCc1cn(C(C)CC)c(=O)n1Cc1ccc(-c2ccccc2-n2cnnn2)cc1. The van der Waals surface area contributed by atoms with E-state index in [1.165, 1.54) is 0 Å². The maximum Gasteiger partial charge on any atom is 0.328 e. The molecule has 0 amide bonds. The highest BCUT2D eigenvalue weighted by atomic mass is 16.1. The van der Waals surface area contributed by atoms with Gasteiger partial charge in [0, 0.05) is 23.5 Å². The molecule has 0 radical (unpaired) electrons. The van der Waals surface area contributed by atoms with E-state index in [0.29, 0.717) is 6.54 Å². The number of hydrogen-bond donors (Lipinski definition) is 0. The van der Waals surface area contributed by atoms with Crippen molar-refractivity contribution in [3.05, 3.63) is 82.8 Å². The molecule has 0 fully saturated rings. The Bertz CT molecular complexity index is 1170. The molecule has 4 aromatic rings. The number of nitrogens with zero attached hydrogens (tertiary/aromatic N) is 6. The number of tetrazole rings is 1. The summed E-state index contributed by atoms with van der Waals surface area (Å²) in [5.74, 6) is 0. The van der Waals surface area contributed by atoms with E-state index in [9.17, 15) is 4.79 Å². The molecule has 0 spiro atoms. The lowest BCUT2D eigenvalue weighted by Crippen LogP contribution is -2.27. The average Bonchev–Trinajstić information content (AvgIpc) is 3.43. The highest BCUT2D eigenvalue weighted by Crippen LogP contribution is 2.26. The molecule has 0 aliphatic heterocycles. The van der Waals surface area contributed by atoms with E-state index in [4.69, 9.17) is 0 Å². The van der Waals surface area contributed by atoms with E-state index < -0.39 is 0 Å². The molecule has 0 bridgehead atoms. The second kappa shape index (κ2) is 8.49. The average molecular weight is 403 g/mol. The zero-order valence-corrected chi connectivity index (χ0v) is 17.6. The van der Waals surface area contributed by atoms with E-state index >= 15 is 0 Å². The number of aromatic nitrogens is 6. The van der Waals surface area contributed by atoms with Crippen molar-refractivity contribution in [1.82, 2.24) is 29.3 Å². The van der Waals surface area contributed by atoms with Crippen LogP contribution in [-0.4, -0.2) is 29.3 Å². The Balaban J connectivity index is 1.64. The molecule has 154 valence electrons. The smallest absolute Gasteiger partial charge is 0.296 e. The third-order valence-corrected chi connectivity index (χ3v) is 5.62. The van der Waals surface area contributed by atoms with Gasteiger partial charge in [0.2, 0.25) is 0 Å². The topological polar surface area (TPSA) is 70.5 Å². The summed E-state index contributed by atoms with van der Waals surface area (Å²) in [4.78, 5) is 12.9. The number of rotatable bonds is 7. The molecule has 0 N–H and O–H groups in total. The first kappa shape index (κ1) is 19.8. The second-order valence-corrected chi connectivity index (χ2v) is 7.48. The molecule has 4 rings (SSSR count). The van der Waals surface area contributed by atoms with Crippen LogP contribution in [0.1, 0.15) is 44.5 Å². The van der Waals surface area contributed by atoms with Crippen molar-refractivity contribution in [2.45, 2.75) is 46.2 Å². The minimum atomic E-state index is 0.0642.